The van der Waals surface area contributed by atoms with Crippen LogP contribution in [0, 0.1) is 17.1 Å². The smallest absolute Gasteiger partial charge is 0.307 e. The minimum Gasteiger partial charge on any atom is -0.489 e. The van der Waals surface area contributed by atoms with Gasteiger partial charge in [-0.1, -0.05) is 36.4 Å². The molecule has 0 saturated heterocycles. The number of ether oxygens (including phenoxy) is 2. The van der Waals surface area contributed by atoms with Crippen LogP contribution < -0.4 is 10.1 Å². The lowest BCUT2D eigenvalue weighted by Gasteiger charge is -2.18. The maximum Gasteiger partial charge on any atom is 0.307 e. The highest BCUT2D eigenvalue weighted by atomic mass is 19.1. The number of rotatable bonds is 8. The molecule has 6 nitrogen and oxygen atoms in total. The first-order valence-electron chi connectivity index (χ1n) is 9.84. The monoisotopic (exact) mass is 432 g/mol. The van der Waals surface area contributed by atoms with E-state index in [4.69, 9.17) is 9.47 Å². The van der Waals surface area contributed by atoms with E-state index >= 15 is 0 Å². The van der Waals surface area contributed by atoms with Gasteiger partial charge in [-0.15, -0.1) is 0 Å². The number of methoxy groups -OCH3 is 1. The van der Waals surface area contributed by atoms with Crippen molar-refractivity contribution in [2.75, 3.05) is 7.11 Å². The van der Waals surface area contributed by atoms with Crippen LogP contribution in [0.15, 0.2) is 72.8 Å². The Balaban J connectivity index is 1.73. The van der Waals surface area contributed by atoms with Gasteiger partial charge in [0.2, 0.25) is 0 Å². The first kappa shape index (κ1) is 22.5. The molecule has 0 aromatic heterocycles. The van der Waals surface area contributed by atoms with Crippen LogP contribution >= 0.6 is 0 Å². The molecular weight excluding hydrogens is 411 g/mol. The van der Waals surface area contributed by atoms with E-state index in [1.54, 1.807) is 42.5 Å². The van der Waals surface area contributed by atoms with Gasteiger partial charge in [0.05, 0.1) is 31.2 Å². The Bertz CT molecular complexity index is 1140. The minimum atomic E-state index is -0.692. The molecule has 0 heterocycles. The minimum absolute atomic E-state index is 0.102. The number of carbonyl (C=O) groups excluding carboxylic acids is 2. The maximum atomic E-state index is 13.3. The summed E-state index contributed by atoms with van der Waals surface area (Å²) in [5.41, 5.74) is 2.16. The summed E-state index contributed by atoms with van der Waals surface area (Å²) in [5, 5.41) is 12.0. The lowest BCUT2D eigenvalue weighted by molar-refractivity contribution is -0.141. The van der Waals surface area contributed by atoms with Crippen LogP contribution in [-0.4, -0.2) is 19.0 Å². The summed E-state index contributed by atoms with van der Waals surface area (Å²) in [7, 11) is 1.26. The molecule has 0 aliphatic rings. The van der Waals surface area contributed by atoms with Gasteiger partial charge in [0, 0.05) is 11.1 Å². The van der Waals surface area contributed by atoms with Crippen molar-refractivity contribution in [1.29, 1.82) is 5.26 Å². The van der Waals surface area contributed by atoms with Gasteiger partial charge in [0.1, 0.15) is 18.2 Å². The maximum absolute atomic E-state index is 13.3. The zero-order chi connectivity index (χ0) is 22.9. The number of hydrogen-bond donors (Lipinski definition) is 1. The van der Waals surface area contributed by atoms with Crippen LogP contribution in [0.2, 0.25) is 0 Å². The van der Waals surface area contributed by atoms with E-state index in [0.29, 0.717) is 22.4 Å². The first-order chi connectivity index (χ1) is 15.5. The molecule has 0 saturated carbocycles. The Kier molecular flexibility index (Phi) is 7.55. The predicted molar refractivity (Wildman–Crippen MR) is 115 cm³/mol. The van der Waals surface area contributed by atoms with Gasteiger partial charge in [0.15, 0.2) is 0 Å². The summed E-state index contributed by atoms with van der Waals surface area (Å²) in [6.45, 7) is 0.176. The van der Waals surface area contributed by atoms with E-state index in [-0.39, 0.29) is 13.0 Å². The molecule has 1 N–H and O–H groups in total. The zero-order valence-corrected chi connectivity index (χ0v) is 17.4. The molecule has 7 heteroatoms. The molecule has 3 rings (SSSR count). The number of amides is 1. The predicted octanol–water partition coefficient (Wildman–Crippen LogP) is 4.31. The van der Waals surface area contributed by atoms with Crippen molar-refractivity contribution in [2.24, 2.45) is 0 Å². The summed E-state index contributed by atoms with van der Waals surface area (Å²) in [5.74, 6) is -0.893. The quantitative estimate of drug-likeness (QED) is 0.536. The van der Waals surface area contributed by atoms with Crippen molar-refractivity contribution >= 4 is 11.9 Å². The highest BCUT2D eigenvalue weighted by Crippen LogP contribution is 2.21. The van der Waals surface area contributed by atoms with E-state index in [1.165, 1.54) is 31.4 Å². The van der Waals surface area contributed by atoms with Crippen LogP contribution in [0.1, 0.15) is 39.5 Å². The van der Waals surface area contributed by atoms with Crippen LogP contribution in [0.3, 0.4) is 0 Å². The second-order valence-electron chi connectivity index (χ2n) is 6.94. The summed E-state index contributed by atoms with van der Waals surface area (Å²) >= 11 is 0. The molecule has 32 heavy (non-hydrogen) atoms. The third-order valence-electron chi connectivity index (χ3n) is 4.80. The standard InChI is InChI=1S/C25H21FN2O4/c1-31-24(29)14-23(17-9-11-21(26)12-10-17)28-25(30)18-7-4-8-22(13-18)32-16-20-6-3-2-5-19(20)15-27/h2-13,23H,14,16H2,1H3,(H,28,30). The highest BCUT2D eigenvalue weighted by molar-refractivity contribution is 5.95. The molecular formula is C25H21FN2O4. The normalized spacial score (nSPS) is 11.2. The van der Waals surface area contributed by atoms with Gasteiger partial charge in [0.25, 0.3) is 5.91 Å². The second-order valence-corrected chi connectivity index (χ2v) is 6.94. The van der Waals surface area contributed by atoms with Gasteiger partial charge in [-0.3, -0.25) is 9.59 Å². The number of benzene rings is 3. The largest absolute Gasteiger partial charge is 0.489 e. The van der Waals surface area contributed by atoms with Crippen molar-refractivity contribution in [3.8, 4) is 11.8 Å². The molecule has 0 fully saturated rings. The molecule has 0 spiro atoms. The van der Waals surface area contributed by atoms with Crippen molar-refractivity contribution in [2.45, 2.75) is 19.1 Å². The number of halogens is 1. The molecule has 0 radical (unpaired) electrons. The van der Waals surface area contributed by atoms with Crippen LogP contribution in [0.25, 0.3) is 0 Å². The van der Waals surface area contributed by atoms with E-state index in [9.17, 15) is 19.2 Å². The third kappa shape index (κ3) is 5.92. The van der Waals surface area contributed by atoms with Crippen molar-refractivity contribution < 1.29 is 23.5 Å². The summed E-state index contributed by atoms with van der Waals surface area (Å²) in [4.78, 5) is 24.7. The number of nitrogens with one attached hydrogen (secondary N) is 1. The number of nitrogens with zero attached hydrogens (tertiary/aromatic N) is 1. The zero-order valence-electron chi connectivity index (χ0n) is 17.4. The lowest BCUT2D eigenvalue weighted by atomic mass is 10.0. The van der Waals surface area contributed by atoms with Gasteiger partial charge in [-0.05, 0) is 42.0 Å². The number of carbonyl (C=O) groups is 2. The fraction of sp³-hybridized carbons (Fsp3) is 0.160. The Morgan fingerprint density at radius 1 is 1.06 bits per heavy atom. The Labute approximate surface area is 185 Å². The number of hydrogen-bond acceptors (Lipinski definition) is 5. The second kappa shape index (κ2) is 10.7. The van der Waals surface area contributed by atoms with Crippen LogP contribution in [0.5, 0.6) is 5.75 Å². The summed E-state index contributed by atoms with van der Waals surface area (Å²) < 4.78 is 23.8. The molecule has 0 bridgehead atoms. The van der Waals surface area contributed by atoms with E-state index < -0.39 is 23.7 Å². The van der Waals surface area contributed by atoms with E-state index in [1.807, 2.05) is 6.07 Å². The molecule has 1 unspecified atom stereocenters. The van der Waals surface area contributed by atoms with E-state index in [2.05, 4.69) is 11.4 Å². The average molecular weight is 432 g/mol. The SMILES string of the molecule is COC(=O)CC(NC(=O)c1cccc(OCc2ccccc2C#N)c1)c1ccc(F)cc1. The molecule has 1 amide bonds. The van der Waals surface area contributed by atoms with Crippen molar-refractivity contribution in [3.05, 3.63) is 101 Å². The fourth-order valence-corrected chi connectivity index (χ4v) is 3.08. The van der Waals surface area contributed by atoms with Gasteiger partial charge in [-0.2, -0.15) is 5.26 Å². The molecule has 162 valence electrons. The molecule has 0 aliphatic heterocycles. The Morgan fingerprint density at radius 3 is 2.53 bits per heavy atom. The number of nitriles is 1. The Hall–Kier alpha value is -4.18. The van der Waals surface area contributed by atoms with Crippen LogP contribution in [-0.2, 0) is 16.1 Å². The fourth-order valence-electron chi connectivity index (χ4n) is 3.08. The van der Waals surface area contributed by atoms with Gasteiger partial charge in [-0.25, -0.2) is 4.39 Å². The Morgan fingerprint density at radius 2 is 1.81 bits per heavy atom. The van der Waals surface area contributed by atoms with Crippen molar-refractivity contribution in [3.63, 3.8) is 0 Å². The third-order valence-corrected chi connectivity index (χ3v) is 4.80. The van der Waals surface area contributed by atoms with Crippen LogP contribution in [0.4, 0.5) is 4.39 Å². The molecule has 1 atom stereocenters. The van der Waals surface area contributed by atoms with Gasteiger partial charge >= 0.3 is 5.97 Å². The summed E-state index contributed by atoms with van der Waals surface area (Å²) in [6.07, 6.45) is -0.102. The highest BCUT2D eigenvalue weighted by Gasteiger charge is 2.20. The van der Waals surface area contributed by atoms with E-state index in [0.717, 1.165) is 5.56 Å². The molecule has 3 aromatic rings. The first-order valence-corrected chi connectivity index (χ1v) is 9.84. The lowest BCUT2D eigenvalue weighted by Crippen LogP contribution is -2.30. The average Bonchev–Trinajstić information content (AvgIpc) is 2.83. The molecule has 3 aromatic carbocycles. The number of esters is 1. The van der Waals surface area contributed by atoms with Crippen molar-refractivity contribution in [1.82, 2.24) is 5.32 Å². The molecule has 0 aliphatic carbocycles. The topological polar surface area (TPSA) is 88.4 Å². The van der Waals surface area contributed by atoms with Gasteiger partial charge < -0.3 is 14.8 Å². The summed E-state index contributed by atoms with van der Waals surface area (Å²) in [6, 6.07) is 20.6.